The number of H-pyrrole nitrogens is 1. The third kappa shape index (κ3) is 3.60. The highest BCUT2D eigenvalue weighted by Gasteiger charge is 2.33. The summed E-state index contributed by atoms with van der Waals surface area (Å²) in [5.74, 6) is 0.467. The quantitative estimate of drug-likeness (QED) is 0.767. The van der Waals surface area contributed by atoms with E-state index >= 15 is 0 Å². The van der Waals surface area contributed by atoms with Crippen molar-refractivity contribution in [2.75, 3.05) is 13.2 Å². The molecule has 1 aliphatic rings. The van der Waals surface area contributed by atoms with E-state index in [0.29, 0.717) is 18.4 Å². The number of likely N-dealkylation sites (tertiary alicyclic amines) is 1. The van der Waals surface area contributed by atoms with E-state index in [4.69, 9.17) is 0 Å². The third-order valence-electron chi connectivity index (χ3n) is 5.15. The van der Waals surface area contributed by atoms with Gasteiger partial charge in [-0.2, -0.15) is 0 Å². The molecule has 1 aromatic heterocycles. The molecule has 1 aromatic carbocycles. The van der Waals surface area contributed by atoms with Gasteiger partial charge in [-0.05, 0) is 44.2 Å². The van der Waals surface area contributed by atoms with E-state index in [0.717, 1.165) is 24.9 Å². The number of nitrogens with zero attached hydrogens (tertiary/aromatic N) is 1. The number of aromatic nitrogens is 1. The maximum absolute atomic E-state index is 10.5. The van der Waals surface area contributed by atoms with Crippen molar-refractivity contribution in [3.63, 3.8) is 0 Å². The van der Waals surface area contributed by atoms with Gasteiger partial charge in [-0.1, -0.05) is 18.2 Å². The normalized spacial score (nSPS) is 23.9. The zero-order chi connectivity index (χ0) is 16.4. The van der Waals surface area contributed by atoms with Crippen molar-refractivity contribution in [2.24, 2.45) is 5.92 Å². The number of benzene rings is 1. The summed E-state index contributed by atoms with van der Waals surface area (Å²) in [6, 6.07) is 8.92. The number of aromatic amines is 1. The maximum Gasteiger partial charge on any atom is 0.0587 e. The fourth-order valence-corrected chi connectivity index (χ4v) is 4.05. The van der Waals surface area contributed by atoms with Crippen molar-refractivity contribution in [1.82, 2.24) is 9.88 Å². The van der Waals surface area contributed by atoms with Crippen LogP contribution in [0.3, 0.4) is 0 Å². The van der Waals surface area contributed by atoms with Gasteiger partial charge < -0.3 is 15.2 Å². The molecule has 0 aliphatic carbocycles. The van der Waals surface area contributed by atoms with E-state index < -0.39 is 0 Å². The Morgan fingerprint density at radius 3 is 2.78 bits per heavy atom. The summed E-state index contributed by atoms with van der Waals surface area (Å²) in [5, 5.41) is 21.3. The number of nitrogens with one attached hydrogen (secondary N) is 1. The summed E-state index contributed by atoms with van der Waals surface area (Å²) in [6.45, 7) is 5.54. The SMILES string of the molecule is CC(C)N1C[C@H](CC(O)Cc2c[nH]c3ccccc23)C[C@H]1CO. The molecule has 3 atom stereocenters. The molecule has 0 amide bonds. The van der Waals surface area contributed by atoms with Gasteiger partial charge >= 0.3 is 0 Å². The van der Waals surface area contributed by atoms with Gasteiger partial charge in [0.1, 0.15) is 0 Å². The lowest BCUT2D eigenvalue weighted by Crippen LogP contribution is -2.37. The lowest BCUT2D eigenvalue weighted by molar-refractivity contribution is 0.128. The fourth-order valence-electron chi connectivity index (χ4n) is 4.05. The number of aliphatic hydroxyl groups excluding tert-OH is 2. The number of para-hydroxylation sites is 1. The highest BCUT2D eigenvalue weighted by Crippen LogP contribution is 2.29. The van der Waals surface area contributed by atoms with Gasteiger partial charge in [-0.25, -0.2) is 0 Å². The molecular formula is C19H28N2O2. The van der Waals surface area contributed by atoms with Crippen LogP contribution in [0.15, 0.2) is 30.5 Å². The number of aliphatic hydroxyl groups is 2. The van der Waals surface area contributed by atoms with E-state index in [9.17, 15) is 10.2 Å². The highest BCUT2D eigenvalue weighted by atomic mass is 16.3. The molecule has 0 spiro atoms. The Balaban J connectivity index is 1.60. The molecular weight excluding hydrogens is 288 g/mol. The summed E-state index contributed by atoms with van der Waals surface area (Å²) >= 11 is 0. The van der Waals surface area contributed by atoms with E-state index in [-0.39, 0.29) is 18.8 Å². The molecule has 126 valence electrons. The van der Waals surface area contributed by atoms with Crippen molar-refractivity contribution < 1.29 is 10.2 Å². The lowest BCUT2D eigenvalue weighted by atomic mass is 9.95. The van der Waals surface area contributed by atoms with Gasteiger partial charge in [-0.3, -0.25) is 4.90 Å². The molecule has 1 aliphatic heterocycles. The van der Waals surface area contributed by atoms with Crippen molar-refractivity contribution in [3.05, 3.63) is 36.0 Å². The van der Waals surface area contributed by atoms with Gasteiger partial charge in [0.15, 0.2) is 0 Å². The molecule has 1 fully saturated rings. The van der Waals surface area contributed by atoms with Gasteiger partial charge in [0.25, 0.3) is 0 Å². The van der Waals surface area contributed by atoms with Gasteiger partial charge in [-0.15, -0.1) is 0 Å². The van der Waals surface area contributed by atoms with Crippen LogP contribution in [0.4, 0.5) is 0 Å². The Morgan fingerprint density at radius 2 is 2.09 bits per heavy atom. The topological polar surface area (TPSA) is 59.5 Å². The summed E-state index contributed by atoms with van der Waals surface area (Å²) in [7, 11) is 0. The Bertz CT molecular complexity index is 637. The maximum atomic E-state index is 10.5. The van der Waals surface area contributed by atoms with E-state index in [1.807, 2.05) is 18.3 Å². The largest absolute Gasteiger partial charge is 0.395 e. The molecule has 1 saturated heterocycles. The first-order chi connectivity index (χ1) is 11.1. The first kappa shape index (κ1) is 16.5. The smallest absolute Gasteiger partial charge is 0.0587 e. The Morgan fingerprint density at radius 1 is 1.30 bits per heavy atom. The summed E-state index contributed by atoms with van der Waals surface area (Å²) in [5.41, 5.74) is 2.31. The Hall–Kier alpha value is -1.36. The van der Waals surface area contributed by atoms with Crippen molar-refractivity contribution in [1.29, 1.82) is 0 Å². The first-order valence-electron chi connectivity index (χ1n) is 8.68. The predicted octanol–water partition coefficient (Wildman–Crippen LogP) is 2.55. The lowest BCUT2D eigenvalue weighted by Gasteiger charge is -2.26. The zero-order valence-electron chi connectivity index (χ0n) is 14.1. The predicted molar refractivity (Wildman–Crippen MR) is 93.4 cm³/mol. The van der Waals surface area contributed by atoms with Crippen LogP contribution in [0.2, 0.25) is 0 Å². The van der Waals surface area contributed by atoms with Gasteiger partial charge in [0, 0.05) is 42.1 Å². The third-order valence-corrected chi connectivity index (χ3v) is 5.15. The van der Waals surface area contributed by atoms with E-state index in [1.54, 1.807) is 0 Å². The molecule has 1 unspecified atom stereocenters. The second-order valence-electron chi connectivity index (χ2n) is 7.18. The molecule has 0 radical (unpaired) electrons. The number of hydrogen-bond donors (Lipinski definition) is 3. The second-order valence-corrected chi connectivity index (χ2v) is 7.18. The zero-order valence-corrected chi connectivity index (χ0v) is 14.1. The van der Waals surface area contributed by atoms with E-state index in [1.165, 1.54) is 10.9 Å². The van der Waals surface area contributed by atoms with Crippen LogP contribution in [0.25, 0.3) is 10.9 Å². The average molecular weight is 316 g/mol. The summed E-state index contributed by atoms with van der Waals surface area (Å²) < 4.78 is 0. The fraction of sp³-hybridized carbons (Fsp3) is 0.579. The minimum atomic E-state index is -0.328. The summed E-state index contributed by atoms with van der Waals surface area (Å²) in [6.07, 6.45) is 4.16. The van der Waals surface area contributed by atoms with Crippen LogP contribution >= 0.6 is 0 Å². The first-order valence-corrected chi connectivity index (χ1v) is 8.68. The molecule has 4 heteroatoms. The minimum absolute atomic E-state index is 0.215. The van der Waals surface area contributed by atoms with E-state index in [2.05, 4.69) is 35.9 Å². The monoisotopic (exact) mass is 316 g/mol. The molecule has 0 bridgehead atoms. The molecule has 23 heavy (non-hydrogen) atoms. The van der Waals surface area contributed by atoms with Gasteiger partial charge in [0.2, 0.25) is 0 Å². The van der Waals surface area contributed by atoms with Crippen LogP contribution in [-0.2, 0) is 6.42 Å². The number of rotatable bonds is 6. The van der Waals surface area contributed by atoms with Crippen molar-refractivity contribution in [2.45, 2.75) is 51.3 Å². The summed E-state index contributed by atoms with van der Waals surface area (Å²) in [4.78, 5) is 5.64. The molecule has 3 rings (SSSR count). The van der Waals surface area contributed by atoms with Crippen LogP contribution in [0.5, 0.6) is 0 Å². The molecule has 4 nitrogen and oxygen atoms in total. The van der Waals surface area contributed by atoms with Crippen LogP contribution < -0.4 is 0 Å². The van der Waals surface area contributed by atoms with Crippen LogP contribution in [0, 0.1) is 5.92 Å². The van der Waals surface area contributed by atoms with Gasteiger partial charge in [0.05, 0.1) is 12.7 Å². The molecule has 0 saturated carbocycles. The Labute approximate surface area is 138 Å². The molecule has 2 heterocycles. The Kier molecular flexibility index (Phi) is 5.05. The standard InChI is InChI=1S/C19H28N2O2/c1-13(2)21-11-14(7-16(21)12-22)8-17(23)9-15-10-20-19-6-4-3-5-18(15)19/h3-6,10,13-14,16-17,20,22-23H,7-9,11-12H2,1-2H3/t14-,16-,17?/m0/s1. The van der Waals surface area contributed by atoms with Crippen LogP contribution in [-0.4, -0.2) is 51.4 Å². The molecule has 3 N–H and O–H groups in total. The number of fused-ring (bicyclic) bond motifs is 1. The second kappa shape index (κ2) is 7.04. The van der Waals surface area contributed by atoms with Crippen molar-refractivity contribution >= 4 is 10.9 Å². The highest BCUT2D eigenvalue weighted by molar-refractivity contribution is 5.83. The van der Waals surface area contributed by atoms with Crippen molar-refractivity contribution in [3.8, 4) is 0 Å². The molecule has 2 aromatic rings. The van der Waals surface area contributed by atoms with Crippen LogP contribution in [0.1, 0.15) is 32.3 Å². The average Bonchev–Trinajstić information content (AvgIpc) is 3.12. The minimum Gasteiger partial charge on any atom is -0.395 e. The number of hydrogen-bond acceptors (Lipinski definition) is 3.